The highest BCUT2D eigenvalue weighted by Gasteiger charge is 2.09. The van der Waals surface area contributed by atoms with Crippen molar-refractivity contribution in [1.82, 2.24) is 9.78 Å². The van der Waals surface area contributed by atoms with Gasteiger partial charge in [-0.05, 0) is 18.8 Å². The van der Waals surface area contributed by atoms with E-state index in [-0.39, 0.29) is 0 Å². The van der Waals surface area contributed by atoms with Gasteiger partial charge in [0, 0.05) is 17.8 Å². The SMILES string of the molecule is CCCc1c(CCl)cnn1CCC(C)C. The molecule has 1 rings (SSSR count). The number of hydrogen-bond donors (Lipinski definition) is 0. The molecule has 0 unspecified atom stereocenters. The van der Waals surface area contributed by atoms with Gasteiger partial charge in [0.05, 0.1) is 12.1 Å². The van der Waals surface area contributed by atoms with Crippen LogP contribution in [0, 0.1) is 5.92 Å². The predicted molar refractivity (Wildman–Crippen MR) is 65.2 cm³/mol. The summed E-state index contributed by atoms with van der Waals surface area (Å²) in [5.41, 5.74) is 2.52. The Morgan fingerprint density at radius 1 is 1.47 bits per heavy atom. The van der Waals surface area contributed by atoms with Gasteiger partial charge >= 0.3 is 0 Å². The second-order valence-corrected chi connectivity index (χ2v) is 4.67. The lowest BCUT2D eigenvalue weighted by molar-refractivity contribution is 0.474. The highest BCUT2D eigenvalue weighted by atomic mass is 35.5. The van der Waals surface area contributed by atoms with E-state index in [2.05, 4.69) is 30.6 Å². The van der Waals surface area contributed by atoms with Gasteiger partial charge in [0.1, 0.15) is 0 Å². The number of halogens is 1. The molecule has 3 heteroatoms. The van der Waals surface area contributed by atoms with Crippen molar-refractivity contribution in [2.75, 3.05) is 0 Å². The molecule has 1 aromatic rings. The fourth-order valence-electron chi connectivity index (χ4n) is 1.66. The Balaban J connectivity index is 2.72. The van der Waals surface area contributed by atoms with Gasteiger partial charge in [-0.2, -0.15) is 5.10 Å². The Kier molecular flexibility index (Phi) is 5.16. The molecule has 0 fully saturated rings. The summed E-state index contributed by atoms with van der Waals surface area (Å²) < 4.78 is 2.13. The third-order valence-electron chi connectivity index (χ3n) is 2.58. The number of hydrogen-bond acceptors (Lipinski definition) is 1. The molecule has 0 amide bonds. The van der Waals surface area contributed by atoms with Crippen molar-refractivity contribution in [3.63, 3.8) is 0 Å². The lowest BCUT2D eigenvalue weighted by Gasteiger charge is -2.09. The summed E-state index contributed by atoms with van der Waals surface area (Å²) in [6.45, 7) is 7.69. The van der Waals surface area contributed by atoms with E-state index in [1.807, 2.05) is 6.20 Å². The van der Waals surface area contributed by atoms with Crippen molar-refractivity contribution >= 4 is 11.6 Å². The van der Waals surface area contributed by atoms with Gasteiger partial charge in [-0.25, -0.2) is 0 Å². The van der Waals surface area contributed by atoms with Crippen LogP contribution in [0.15, 0.2) is 6.20 Å². The molecule has 0 radical (unpaired) electrons. The minimum absolute atomic E-state index is 0.580. The van der Waals surface area contributed by atoms with E-state index < -0.39 is 0 Å². The molecule has 0 bridgehead atoms. The summed E-state index contributed by atoms with van der Waals surface area (Å²) in [6.07, 6.45) is 5.33. The zero-order chi connectivity index (χ0) is 11.3. The first-order chi connectivity index (χ1) is 7.19. The zero-order valence-corrected chi connectivity index (χ0v) is 10.7. The number of aromatic nitrogens is 2. The van der Waals surface area contributed by atoms with Crippen molar-refractivity contribution in [3.8, 4) is 0 Å². The third-order valence-corrected chi connectivity index (χ3v) is 2.87. The number of rotatable bonds is 6. The van der Waals surface area contributed by atoms with Crippen LogP contribution < -0.4 is 0 Å². The minimum atomic E-state index is 0.580. The van der Waals surface area contributed by atoms with Crippen molar-refractivity contribution < 1.29 is 0 Å². The van der Waals surface area contributed by atoms with Crippen LogP contribution in [0.2, 0.25) is 0 Å². The first kappa shape index (κ1) is 12.6. The van der Waals surface area contributed by atoms with Crippen molar-refractivity contribution in [2.45, 2.75) is 52.5 Å². The summed E-state index contributed by atoms with van der Waals surface area (Å²) in [6, 6.07) is 0. The molecule has 86 valence electrons. The van der Waals surface area contributed by atoms with Crippen LogP contribution in [0.3, 0.4) is 0 Å². The van der Waals surface area contributed by atoms with Gasteiger partial charge in [0.15, 0.2) is 0 Å². The molecule has 15 heavy (non-hydrogen) atoms. The topological polar surface area (TPSA) is 17.8 Å². The largest absolute Gasteiger partial charge is 0.269 e. The molecule has 0 aromatic carbocycles. The maximum absolute atomic E-state index is 5.89. The smallest absolute Gasteiger partial charge is 0.0536 e. The average molecular weight is 229 g/mol. The standard InChI is InChI=1S/C12H21ClN2/c1-4-5-12-11(8-13)9-14-15(12)7-6-10(2)3/h9-10H,4-8H2,1-3H3. The molecule has 0 N–H and O–H groups in total. The van der Waals surface area contributed by atoms with Crippen LogP contribution in [0.5, 0.6) is 0 Å². The van der Waals surface area contributed by atoms with Gasteiger partial charge in [-0.3, -0.25) is 4.68 Å². The van der Waals surface area contributed by atoms with E-state index in [9.17, 15) is 0 Å². The predicted octanol–water partition coefficient (Wildman–Crippen LogP) is 3.62. The molecule has 0 saturated carbocycles. The Morgan fingerprint density at radius 3 is 2.73 bits per heavy atom. The highest BCUT2D eigenvalue weighted by Crippen LogP contribution is 2.15. The fraction of sp³-hybridized carbons (Fsp3) is 0.750. The molecule has 0 spiro atoms. The molecule has 0 aliphatic rings. The second-order valence-electron chi connectivity index (χ2n) is 4.41. The maximum atomic E-state index is 5.89. The molecule has 2 nitrogen and oxygen atoms in total. The van der Waals surface area contributed by atoms with Crippen molar-refractivity contribution in [1.29, 1.82) is 0 Å². The fourth-order valence-corrected chi connectivity index (χ4v) is 1.88. The van der Waals surface area contributed by atoms with Crippen LogP contribution in [-0.2, 0) is 18.8 Å². The van der Waals surface area contributed by atoms with Gasteiger partial charge in [0.2, 0.25) is 0 Å². The lowest BCUT2D eigenvalue weighted by atomic mass is 10.1. The number of alkyl halides is 1. The zero-order valence-electron chi connectivity index (χ0n) is 9.96. The maximum Gasteiger partial charge on any atom is 0.0536 e. The van der Waals surface area contributed by atoms with Crippen LogP contribution in [0.4, 0.5) is 0 Å². The van der Waals surface area contributed by atoms with Crippen LogP contribution >= 0.6 is 11.6 Å². The Bertz CT molecular complexity index is 292. The normalized spacial score (nSPS) is 11.3. The summed E-state index contributed by atoms with van der Waals surface area (Å²) in [5, 5.41) is 4.41. The molecule has 1 aromatic heterocycles. The van der Waals surface area contributed by atoms with Crippen LogP contribution in [-0.4, -0.2) is 9.78 Å². The first-order valence-corrected chi connectivity index (χ1v) is 6.32. The van der Waals surface area contributed by atoms with E-state index in [1.165, 1.54) is 17.7 Å². The van der Waals surface area contributed by atoms with Gasteiger partial charge < -0.3 is 0 Å². The van der Waals surface area contributed by atoms with E-state index in [0.29, 0.717) is 5.88 Å². The summed E-state index contributed by atoms with van der Waals surface area (Å²) >= 11 is 5.89. The Morgan fingerprint density at radius 2 is 2.20 bits per heavy atom. The number of aryl methyl sites for hydroxylation is 1. The second kappa shape index (κ2) is 6.16. The molecule has 0 aliphatic heterocycles. The summed E-state index contributed by atoms with van der Waals surface area (Å²) in [4.78, 5) is 0. The van der Waals surface area contributed by atoms with Crippen molar-refractivity contribution in [2.24, 2.45) is 5.92 Å². The minimum Gasteiger partial charge on any atom is -0.269 e. The molecule has 0 atom stereocenters. The third kappa shape index (κ3) is 3.53. The summed E-state index contributed by atoms with van der Waals surface area (Å²) in [7, 11) is 0. The van der Waals surface area contributed by atoms with E-state index in [0.717, 1.165) is 25.3 Å². The number of nitrogens with zero attached hydrogens (tertiary/aromatic N) is 2. The van der Waals surface area contributed by atoms with E-state index in [1.54, 1.807) is 0 Å². The van der Waals surface area contributed by atoms with Gasteiger partial charge in [-0.1, -0.05) is 27.2 Å². The average Bonchev–Trinajstić information content (AvgIpc) is 2.58. The van der Waals surface area contributed by atoms with Gasteiger partial charge in [-0.15, -0.1) is 11.6 Å². The lowest BCUT2D eigenvalue weighted by Crippen LogP contribution is -2.08. The van der Waals surface area contributed by atoms with Crippen LogP contribution in [0.1, 0.15) is 44.9 Å². The Hall–Kier alpha value is -0.500. The van der Waals surface area contributed by atoms with Crippen molar-refractivity contribution in [3.05, 3.63) is 17.5 Å². The van der Waals surface area contributed by atoms with E-state index in [4.69, 9.17) is 11.6 Å². The monoisotopic (exact) mass is 228 g/mol. The quantitative estimate of drug-likeness (QED) is 0.680. The molecule has 1 heterocycles. The molecular formula is C12H21ClN2. The molecule has 0 saturated heterocycles. The Labute approximate surface area is 97.6 Å². The van der Waals surface area contributed by atoms with Crippen LogP contribution in [0.25, 0.3) is 0 Å². The van der Waals surface area contributed by atoms with E-state index >= 15 is 0 Å². The summed E-state index contributed by atoms with van der Waals surface area (Å²) in [5.74, 6) is 1.31. The first-order valence-electron chi connectivity index (χ1n) is 5.78. The molecule has 0 aliphatic carbocycles. The highest BCUT2D eigenvalue weighted by molar-refractivity contribution is 6.17. The van der Waals surface area contributed by atoms with Gasteiger partial charge in [0.25, 0.3) is 0 Å². The molecular weight excluding hydrogens is 208 g/mol.